The SMILES string of the molecule is [2H]c1c([2H])c([2H])c(-c2cnc(-n3c4ccccc4c4ccc(Oc5cccc(N(c6ccccc6N)c6c(-c7c([2H])c([2H])c8c(c7[2H])C(C([2H])([2H])[2H])(C([2H])([2H])[2H])C([2H])([2H])C([2H])([2H])C8(C([2H])([2H])[2H])C([2H])([2H])[2H])cccc6-c6c([2H])c([2H])c([2H])c([Si](c7c([2H])c([2H])c([2H])c([2H])c7[2H])(c7c([2H])c([2H])c([2H])c([2H])c7[2H])c7c([2H])c([2H])c([2H])c([2H])c7[2H])c6[2H])c5)cc43)cc2C([2H])([2H])[2H])c([2H])c1[2H]. The lowest BCUT2D eigenvalue weighted by Crippen LogP contribution is -2.74. The fourth-order valence-corrected chi connectivity index (χ4v) is 14.2. The van der Waals surface area contributed by atoms with Crippen LogP contribution >= 0.6 is 0 Å². The monoisotopic (exact) mass is 1170 g/mol. The average molecular weight is 1180 g/mol. The summed E-state index contributed by atoms with van der Waals surface area (Å²) >= 11 is 0. The number of benzene rings is 11. The lowest BCUT2D eigenvalue weighted by Gasteiger charge is -2.42. The molecular formula is C80H68N4OSi. The molecule has 13 aromatic rings. The summed E-state index contributed by atoms with van der Waals surface area (Å²) < 4.78 is 440. The van der Waals surface area contributed by atoms with Crippen molar-refractivity contribution >= 4 is 73.4 Å². The van der Waals surface area contributed by atoms with E-state index in [1.54, 1.807) is 30.3 Å². The van der Waals surface area contributed by atoms with Gasteiger partial charge in [0.1, 0.15) is 17.3 Å². The second-order valence-electron chi connectivity index (χ2n) is 19.6. The first kappa shape index (κ1) is 23.4. The van der Waals surface area contributed by atoms with Crippen molar-refractivity contribution in [2.75, 3.05) is 10.6 Å². The van der Waals surface area contributed by atoms with Gasteiger partial charge in [-0.15, -0.1) is 0 Å². The highest BCUT2D eigenvalue weighted by atomic mass is 28.3. The van der Waals surface area contributed by atoms with Gasteiger partial charge < -0.3 is 15.4 Å². The van der Waals surface area contributed by atoms with Crippen LogP contribution < -0.4 is 36.1 Å². The molecule has 14 rings (SSSR count). The second kappa shape index (κ2) is 21.9. The highest BCUT2D eigenvalue weighted by Crippen LogP contribution is 2.52. The van der Waals surface area contributed by atoms with Gasteiger partial charge >= 0.3 is 0 Å². The van der Waals surface area contributed by atoms with Crippen LogP contribution in [0, 0.1) is 6.85 Å². The number of nitrogens with zero attached hydrogens (tertiary/aromatic N) is 3. The molecule has 0 fully saturated rings. The molecule has 5 nitrogen and oxygen atoms in total. The Hall–Kier alpha value is -10.0. The van der Waals surface area contributed by atoms with Crippen LogP contribution in [-0.2, 0) is 10.8 Å². The first-order valence-corrected chi connectivity index (χ1v) is 28.1. The molecule has 0 bridgehead atoms. The van der Waals surface area contributed by atoms with Gasteiger partial charge in [0.2, 0.25) is 0 Å². The van der Waals surface area contributed by atoms with Crippen molar-refractivity contribution in [2.24, 2.45) is 0 Å². The molecule has 2 aromatic heterocycles. The summed E-state index contributed by atoms with van der Waals surface area (Å²) in [5.41, 5.74) is -13.2. The topological polar surface area (TPSA) is 56.3 Å². The summed E-state index contributed by atoms with van der Waals surface area (Å²) in [5, 5.41) is -4.28. The molecule has 0 atom stereocenters. The van der Waals surface area contributed by atoms with E-state index < -0.39 is 300 Å². The van der Waals surface area contributed by atoms with Gasteiger partial charge in [-0.1, -0.05) is 245 Å². The van der Waals surface area contributed by atoms with E-state index in [9.17, 15) is 39.8 Å². The molecule has 0 amide bonds. The molecule has 6 heteroatoms. The maximum absolute atomic E-state index is 11.1. The van der Waals surface area contributed by atoms with Gasteiger partial charge in [-0.25, -0.2) is 4.98 Å². The summed E-state index contributed by atoms with van der Waals surface area (Å²) in [5.74, 6) is -0.410. The second-order valence-corrected chi connectivity index (χ2v) is 23.1. The third kappa shape index (κ3) is 9.47. The number of hydrogen-bond acceptors (Lipinski definition) is 4. The van der Waals surface area contributed by atoms with Crippen LogP contribution in [0.4, 0.5) is 22.7 Å². The summed E-state index contributed by atoms with van der Waals surface area (Å²) in [7, 11) is -6.81. The minimum Gasteiger partial charge on any atom is -0.457 e. The Labute approximate surface area is 571 Å². The van der Waals surface area contributed by atoms with Crippen molar-refractivity contribution in [3.63, 3.8) is 0 Å². The fourth-order valence-electron chi connectivity index (χ4n) is 10.6. The Morgan fingerprint density at radius 3 is 1.80 bits per heavy atom. The quantitative estimate of drug-likeness (QED) is 0.0710. The van der Waals surface area contributed by atoms with Crippen molar-refractivity contribution in [1.82, 2.24) is 9.55 Å². The number of nitrogen functional groups attached to an aromatic ring is 1. The van der Waals surface area contributed by atoms with Gasteiger partial charge in [-0.2, -0.15) is 0 Å². The molecule has 0 aliphatic heterocycles. The van der Waals surface area contributed by atoms with Crippen LogP contribution in [0.25, 0.3) is 61.0 Å². The zero-order valence-corrected chi connectivity index (χ0v) is 45.4. The third-order valence-corrected chi connectivity index (χ3v) is 18.4. The molecule has 1 aliphatic rings. The van der Waals surface area contributed by atoms with Gasteiger partial charge in [0, 0.05) is 77.5 Å². The van der Waals surface area contributed by atoms with Gasteiger partial charge in [0.15, 0.2) is 8.07 Å². The van der Waals surface area contributed by atoms with E-state index in [2.05, 4.69) is 4.98 Å². The molecular weight excluding hydrogens is 1060 g/mol. The Balaban J connectivity index is 1.17. The maximum Gasteiger partial charge on any atom is 0.179 e. The van der Waals surface area contributed by atoms with Crippen LogP contribution in [0.2, 0.25) is 0 Å². The van der Waals surface area contributed by atoms with E-state index in [-0.39, 0.29) is 45.5 Å². The first-order valence-electron chi connectivity index (χ1n) is 49.1. The Morgan fingerprint density at radius 1 is 0.523 bits per heavy atom. The lowest BCUT2D eigenvalue weighted by atomic mass is 9.63. The van der Waals surface area contributed by atoms with Crippen molar-refractivity contribution in [3.05, 3.63) is 301 Å². The number of ether oxygens (including phenoxy) is 1. The molecule has 2 heterocycles. The van der Waals surface area contributed by atoms with E-state index >= 15 is 0 Å². The van der Waals surface area contributed by atoms with Gasteiger partial charge in [-0.05, 0) is 133 Å². The lowest BCUT2D eigenvalue weighted by molar-refractivity contribution is 0.332. The van der Waals surface area contributed by atoms with E-state index in [4.69, 9.17) is 33.8 Å². The van der Waals surface area contributed by atoms with E-state index in [1.807, 2.05) is 0 Å². The minimum atomic E-state index is -6.81. The first-order chi connectivity index (χ1) is 60.9. The van der Waals surface area contributed by atoms with Crippen LogP contribution in [0.3, 0.4) is 0 Å². The van der Waals surface area contributed by atoms with Gasteiger partial charge in [0.05, 0.1) is 65.1 Å². The zero-order chi connectivity index (χ0) is 98.2. The summed E-state index contributed by atoms with van der Waals surface area (Å²) in [4.78, 5) is 5.68. The van der Waals surface area contributed by atoms with Crippen LogP contribution in [-0.4, -0.2) is 17.6 Å². The predicted octanol–water partition coefficient (Wildman–Crippen LogP) is 18.1. The Morgan fingerprint density at radius 2 is 1.12 bits per heavy atom. The fraction of sp³-hybridized carbons (Fsp3) is 0.113. The van der Waals surface area contributed by atoms with Crippen molar-refractivity contribution < 1.29 is 67.8 Å². The van der Waals surface area contributed by atoms with Crippen molar-refractivity contribution in [3.8, 4) is 50.7 Å². The highest BCUT2D eigenvalue weighted by molar-refractivity contribution is 7.19. The van der Waals surface area contributed by atoms with E-state index in [1.165, 1.54) is 65.2 Å². The number of nitrogens with two attached hydrogens (primary N) is 1. The number of fused-ring (bicyclic) bond motifs is 4. The molecule has 0 saturated heterocycles. The van der Waals surface area contributed by atoms with Crippen molar-refractivity contribution in [2.45, 2.75) is 57.8 Å². The normalized spacial score (nSPS) is 23.1. The van der Waals surface area contributed by atoms with Gasteiger partial charge in [0.25, 0.3) is 0 Å². The smallest absolute Gasteiger partial charge is 0.179 e. The number of anilines is 4. The molecule has 0 unspecified atom stereocenters. The van der Waals surface area contributed by atoms with Crippen molar-refractivity contribution in [1.29, 1.82) is 0 Å². The molecule has 86 heavy (non-hydrogen) atoms. The number of para-hydroxylation sites is 4. The number of hydrogen-bond donors (Lipinski definition) is 1. The van der Waals surface area contributed by atoms with Gasteiger partial charge in [-0.3, -0.25) is 4.57 Å². The highest BCUT2D eigenvalue weighted by Gasteiger charge is 2.42. The summed E-state index contributed by atoms with van der Waals surface area (Å²) in [6, 6.07) is -9.47. The predicted molar refractivity (Wildman–Crippen MR) is 364 cm³/mol. The molecule has 418 valence electrons. The summed E-state index contributed by atoms with van der Waals surface area (Å²) in [6.45, 7) is -21.5. The minimum absolute atomic E-state index is 0.0767. The van der Waals surface area contributed by atoms with Crippen LogP contribution in [0.1, 0.15) is 120 Å². The molecule has 1 aliphatic carbocycles. The molecule has 0 saturated carbocycles. The van der Waals surface area contributed by atoms with E-state index in [0.717, 1.165) is 35.4 Å². The largest absolute Gasteiger partial charge is 0.457 e. The van der Waals surface area contributed by atoms with Crippen LogP contribution in [0.15, 0.2) is 285 Å². The Kier molecular flexibility index (Phi) is 5.96. The number of rotatable bonds is 13. The standard InChI is InChI=1S/C80H68N4OSi/c1-55-49-77(82-54-70(55)56-25-10-6-11-26-56)84-74-41-20-18-37-68(74)69-45-44-61(53-76(69)84)85-60-29-23-28-59(52-60)83(75-42-21-19-40-73(75)81)78-66(38-24-39-67(78)58-43-46-71-72(51-58)80(4,5)48-47-79(71,2)3)57-27-22-36-65(50-57)86(62-30-12-7-13-31-62,63-32-14-8-15-33-63)64-34-16-9-17-35-64/h6-46,49-54H,47-48,81H2,1-5H3/i1D3,2D3,3D3,4D3,5D3,6D,7D,8D,9D,10D,11D,12D,13D,14D,15D,16D,17D,22D,25D,26D,27D,30D,31D,32D,33D,34D,35D,36D,43D,46D,47D2,48D2,50D,51D. The summed E-state index contributed by atoms with van der Waals surface area (Å²) in [6.07, 6.45) is -8.73. The number of aryl methyl sites for hydroxylation is 1. The average Bonchev–Trinajstić information content (AvgIpc) is 0.633. The molecule has 0 spiro atoms. The maximum atomic E-state index is 11.1. The molecule has 0 radical (unpaired) electrons. The molecule has 2 N–H and O–H groups in total. The zero-order valence-electron chi connectivity index (χ0n) is 90.4. The number of aromatic nitrogens is 2. The third-order valence-electron chi connectivity index (χ3n) is 14.4. The van der Waals surface area contributed by atoms with Crippen LogP contribution in [0.5, 0.6) is 11.5 Å². The molecule has 11 aromatic carbocycles. The van der Waals surface area contributed by atoms with E-state index in [0.29, 0.717) is 16.3 Å². The Bertz CT molecular complexity index is 6820. The number of pyridine rings is 1.